The first-order valence-electron chi connectivity index (χ1n) is 17.1. The molecule has 0 aliphatic heterocycles. The van der Waals surface area contributed by atoms with Gasteiger partial charge in [-0.1, -0.05) is 97.1 Å². The summed E-state index contributed by atoms with van der Waals surface area (Å²) in [4.78, 5) is 23.0. The Hall–Kier alpha value is -5.82. The first-order chi connectivity index (χ1) is 24.7. The second-order valence-corrected chi connectivity index (χ2v) is 12.5. The van der Waals surface area contributed by atoms with Crippen molar-refractivity contribution in [2.45, 2.75) is 39.3 Å². The Balaban J connectivity index is 0.995. The van der Waals surface area contributed by atoms with E-state index in [1.165, 1.54) is 33.4 Å². The molecule has 0 fully saturated rings. The Kier molecular flexibility index (Phi) is 10.8. The maximum Gasteiger partial charge on any atom is 0.0544 e. The predicted octanol–water partition coefficient (Wildman–Crippen LogP) is 9.01. The minimum Gasteiger partial charge on any atom is -0.287 e. The van der Waals surface area contributed by atoms with Gasteiger partial charge in [0, 0.05) is 64.1 Å². The Bertz CT molecular complexity index is 1790. The fourth-order valence-electron chi connectivity index (χ4n) is 6.20. The Labute approximate surface area is 294 Å². The topological polar surface area (TPSA) is 58.0 Å². The summed E-state index contributed by atoms with van der Waals surface area (Å²) < 4.78 is 0. The Morgan fingerprint density at radius 3 is 0.780 bits per heavy atom. The van der Waals surface area contributed by atoms with E-state index in [9.17, 15) is 0 Å². The van der Waals surface area contributed by atoms with Crippen molar-refractivity contribution in [1.29, 1.82) is 0 Å². The number of aromatic nitrogens is 4. The van der Waals surface area contributed by atoms with Crippen molar-refractivity contribution in [1.82, 2.24) is 29.7 Å². The van der Waals surface area contributed by atoms with Crippen LogP contribution in [0.15, 0.2) is 170 Å². The number of benzene rings is 3. The van der Waals surface area contributed by atoms with E-state index in [4.69, 9.17) is 0 Å². The average molecular weight is 653 g/mol. The third-order valence-corrected chi connectivity index (χ3v) is 8.72. The summed E-state index contributed by atoms with van der Waals surface area (Å²) in [5, 5.41) is 0. The van der Waals surface area contributed by atoms with Crippen LogP contribution in [-0.2, 0) is 39.3 Å². The molecule has 0 saturated carbocycles. The fraction of sp³-hybridized carbons (Fsp3) is 0.136. The van der Waals surface area contributed by atoms with E-state index in [0.29, 0.717) is 0 Å². The van der Waals surface area contributed by atoms with E-state index in [-0.39, 0.29) is 0 Å². The van der Waals surface area contributed by atoms with Crippen LogP contribution >= 0.6 is 0 Å². The first-order valence-corrected chi connectivity index (χ1v) is 17.1. The van der Waals surface area contributed by atoms with E-state index >= 15 is 0 Å². The van der Waals surface area contributed by atoms with Gasteiger partial charge in [-0.05, 0) is 81.9 Å². The lowest BCUT2D eigenvalue weighted by Gasteiger charge is -2.22. The highest BCUT2D eigenvalue weighted by Gasteiger charge is 2.12. The molecule has 0 aliphatic rings. The molecule has 3 aromatic carbocycles. The lowest BCUT2D eigenvalue weighted by atomic mass is 9.99. The molecule has 4 heterocycles. The molecule has 246 valence electrons. The van der Waals surface area contributed by atoms with Gasteiger partial charge in [-0.25, -0.2) is 0 Å². The fourth-order valence-corrected chi connectivity index (χ4v) is 6.20. The molecule has 50 heavy (non-hydrogen) atoms. The largest absolute Gasteiger partial charge is 0.287 e. The third-order valence-electron chi connectivity index (χ3n) is 8.72. The van der Waals surface area contributed by atoms with Crippen molar-refractivity contribution < 1.29 is 0 Å². The summed E-state index contributed by atoms with van der Waals surface area (Å²) in [6.45, 7) is 4.66. The molecular weight excluding hydrogens is 613 g/mol. The molecule has 0 N–H and O–H groups in total. The van der Waals surface area contributed by atoms with Gasteiger partial charge in [-0.3, -0.25) is 29.7 Å². The van der Waals surface area contributed by atoms with Crippen molar-refractivity contribution in [2.24, 2.45) is 0 Å². The molecule has 7 aromatic rings. The van der Waals surface area contributed by atoms with Crippen LogP contribution in [0.1, 0.15) is 33.9 Å². The zero-order valence-electron chi connectivity index (χ0n) is 28.1. The number of hydrogen-bond donors (Lipinski definition) is 0. The zero-order valence-corrected chi connectivity index (χ0v) is 28.1. The van der Waals surface area contributed by atoms with Gasteiger partial charge in [0.2, 0.25) is 0 Å². The lowest BCUT2D eigenvalue weighted by molar-refractivity contribution is 0.241. The minimum atomic E-state index is 0.760. The summed E-state index contributed by atoms with van der Waals surface area (Å²) in [6.07, 6.45) is 7.42. The quantitative estimate of drug-likeness (QED) is 0.117. The van der Waals surface area contributed by atoms with Gasteiger partial charge in [0.1, 0.15) is 0 Å². The van der Waals surface area contributed by atoms with E-state index in [1.54, 1.807) is 0 Å². The van der Waals surface area contributed by atoms with Crippen LogP contribution in [-0.4, -0.2) is 29.7 Å². The van der Waals surface area contributed by atoms with Crippen LogP contribution in [0.25, 0.3) is 22.3 Å². The Morgan fingerprint density at radius 1 is 0.280 bits per heavy atom. The monoisotopic (exact) mass is 652 g/mol. The van der Waals surface area contributed by atoms with Crippen LogP contribution in [0.5, 0.6) is 0 Å². The van der Waals surface area contributed by atoms with Crippen molar-refractivity contribution in [3.8, 4) is 22.3 Å². The molecule has 0 radical (unpaired) electrons. The average Bonchev–Trinajstić information content (AvgIpc) is 3.17. The smallest absolute Gasteiger partial charge is 0.0544 e. The normalized spacial score (nSPS) is 11.2. The molecule has 0 bridgehead atoms. The molecule has 0 aliphatic carbocycles. The highest BCUT2D eigenvalue weighted by atomic mass is 15.1. The standard InChI is InChI=1S/C44H40N6/c1-5-25-45-41(9-1)31-49(32-42-10-2-6-26-46-42)29-35-13-17-37(18-14-35)39-21-23-40(24-22-39)38-19-15-36(16-20-38)30-50(33-43-11-3-7-27-47-43)34-44-12-4-8-28-48-44/h1-28H,29-34H2. The van der Waals surface area contributed by atoms with Gasteiger partial charge in [0.25, 0.3) is 0 Å². The minimum absolute atomic E-state index is 0.760. The second kappa shape index (κ2) is 16.5. The predicted molar refractivity (Wildman–Crippen MR) is 200 cm³/mol. The van der Waals surface area contributed by atoms with Crippen LogP contribution < -0.4 is 0 Å². The number of rotatable bonds is 14. The van der Waals surface area contributed by atoms with E-state index < -0.39 is 0 Å². The molecule has 0 spiro atoms. The number of hydrogen-bond acceptors (Lipinski definition) is 6. The number of nitrogens with zero attached hydrogens (tertiary/aromatic N) is 6. The summed E-state index contributed by atoms with van der Waals surface area (Å²) in [7, 11) is 0. The molecule has 0 amide bonds. The second-order valence-electron chi connectivity index (χ2n) is 12.5. The highest BCUT2D eigenvalue weighted by Crippen LogP contribution is 2.26. The molecule has 6 nitrogen and oxygen atoms in total. The van der Waals surface area contributed by atoms with Crippen molar-refractivity contribution in [3.63, 3.8) is 0 Å². The van der Waals surface area contributed by atoms with Crippen LogP contribution in [0.4, 0.5) is 0 Å². The van der Waals surface area contributed by atoms with Gasteiger partial charge >= 0.3 is 0 Å². The highest BCUT2D eigenvalue weighted by molar-refractivity contribution is 5.70. The Morgan fingerprint density at radius 2 is 0.540 bits per heavy atom. The number of pyridine rings is 4. The summed E-state index contributed by atoms with van der Waals surface area (Å²) >= 11 is 0. The SMILES string of the molecule is c1ccc(CN(Cc2ccc(-c3ccc(-c4ccc(CN(Cc5ccccn5)Cc5ccccn5)cc4)cc3)cc2)Cc2ccccn2)nc1. The van der Waals surface area contributed by atoms with E-state index in [0.717, 1.165) is 62.0 Å². The molecule has 0 unspecified atom stereocenters. The maximum atomic E-state index is 4.56. The van der Waals surface area contributed by atoms with Crippen molar-refractivity contribution >= 4 is 0 Å². The van der Waals surface area contributed by atoms with Crippen LogP contribution in [0.2, 0.25) is 0 Å². The van der Waals surface area contributed by atoms with E-state index in [1.807, 2.05) is 73.3 Å². The van der Waals surface area contributed by atoms with Gasteiger partial charge in [-0.2, -0.15) is 0 Å². The lowest BCUT2D eigenvalue weighted by Crippen LogP contribution is -2.23. The van der Waals surface area contributed by atoms with Crippen LogP contribution in [0, 0.1) is 0 Å². The summed E-state index contributed by atoms with van der Waals surface area (Å²) in [5.74, 6) is 0. The molecule has 4 aromatic heterocycles. The maximum absolute atomic E-state index is 4.56. The molecular formula is C44H40N6. The third kappa shape index (κ3) is 9.20. The summed E-state index contributed by atoms with van der Waals surface area (Å²) in [5.41, 5.74) is 11.6. The molecule has 0 saturated heterocycles. The van der Waals surface area contributed by atoms with Crippen molar-refractivity contribution in [2.75, 3.05) is 0 Å². The molecule has 6 heteroatoms. The molecule has 0 atom stereocenters. The van der Waals surface area contributed by atoms with E-state index in [2.05, 4.69) is 127 Å². The van der Waals surface area contributed by atoms with Crippen molar-refractivity contribution in [3.05, 3.63) is 204 Å². The van der Waals surface area contributed by atoms with Gasteiger partial charge in [0.05, 0.1) is 22.8 Å². The van der Waals surface area contributed by atoms with Gasteiger partial charge in [-0.15, -0.1) is 0 Å². The zero-order chi connectivity index (χ0) is 33.8. The first kappa shape index (κ1) is 32.7. The summed E-state index contributed by atoms with van der Waals surface area (Å²) in [6, 6.07) is 51.0. The van der Waals surface area contributed by atoms with Crippen LogP contribution in [0.3, 0.4) is 0 Å². The van der Waals surface area contributed by atoms with Gasteiger partial charge in [0.15, 0.2) is 0 Å². The molecule has 7 rings (SSSR count). The van der Waals surface area contributed by atoms with Gasteiger partial charge < -0.3 is 0 Å².